The van der Waals surface area contributed by atoms with Gasteiger partial charge >= 0.3 is 5.97 Å². The summed E-state index contributed by atoms with van der Waals surface area (Å²) in [4.78, 5) is 24.0. The number of nitrogens with one attached hydrogen (secondary N) is 1. The van der Waals surface area contributed by atoms with Crippen LogP contribution in [0.4, 0.5) is 0 Å². The van der Waals surface area contributed by atoms with Gasteiger partial charge in [0.1, 0.15) is 11.3 Å². The SMILES string of the molecule is CCCC(C)(NC(=O)c1ccc(CSC)o1)C(=O)OC. The van der Waals surface area contributed by atoms with Gasteiger partial charge in [-0.25, -0.2) is 4.79 Å². The fourth-order valence-electron chi connectivity index (χ4n) is 1.97. The average molecular weight is 299 g/mol. The number of amides is 1. The first-order valence-electron chi connectivity index (χ1n) is 6.45. The summed E-state index contributed by atoms with van der Waals surface area (Å²) < 4.78 is 10.2. The Balaban J connectivity index is 2.82. The number of hydrogen-bond acceptors (Lipinski definition) is 5. The van der Waals surface area contributed by atoms with E-state index in [0.29, 0.717) is 12.2 Å². The van der Waals surface area contributed by atoms with Gasteiger partial charge in [0.15, 0.2) is 5.76 Å². The molecule has 112 valence electrons. The summed E-state index contributed by atoms with van der Waals surface area (Å²) in [7, 11) is 1.31. The second kappa shape index (κ2) is 7.38. The van der Waals surface area contributed by atoms with Gasteiger partial charge < -0.3 is 14.5 Å². The van der Waals surface area contributed by atoms with E-state index >= 15 is 0 Å². The molecule has 0 bridgehead atoms. The highest BCUT2D eigenvalue weighted by molar-refractivity contribution is 7.97. The summed E-state index contributed by atoms with van der Waals surface area (Å²) in [6.45, 7) is 3.60. The Morgan fingerprint density at radius 1 is 1.45 bits per heavy atom. The first-order chi connectivity index (χ1) is 9.46. The average Bonchev–Trinajstić information content (AvgIpc) is 2.87. The van der Waals surface area contributed by atoms with Gasteiger partial charge in [-0.2, -0.15) is 11.8 Å². The zero-order valence-corrected chi connectivity index (χ0v) is 13.1. The number of carbonyl (C=O) groups excluding carboxylic acids is 2. The molecule has 1 aromatic rings. The van der Waals surface area contributed by atoms with Crippen molar-refractivity contribution in [3.8, 4) is 0 Å². The zero-order chi connectivity index (χ0) is 15.2. The quantitative estimate of drug-likeness (QED) is 0.784. The first kappa shape index (κ1) is 16.6. The van der Waals surface area contributed by atoms with E-state index in [-0.39, 0.29) is 5.76 Å². The van der Waals surface area contributed by atoms with Crippen LogP contribution in [-0.4, -0.2) is 30.8 Å². The van der Waals surface area contributed by atoms with Crippen molar-refractivity contribution in [2.75, 3.05) is 13.4 Å². The number of thioether (sulfide) groups is 1. The minimum absolute atomic E-state index is 0.209. The van der Waals surface area contributed by atoms with Crippen LogP contribution in [0.3, 0.4) is 0 Å². The largest absolute Gasteiger partial charge is 0.467 e. The Labute approximate surface area is 123 Å². The maximum absolute atomic E-state index is 12.2. The molecule has 1 unspecified atom stereocenters. The molecular weight excluding hydrogens is 278 g/mol. The Morgan fingerprint density at radius 2 is 2.15 bits per heavy atom. The van der Waals surface area contributed by atoms with E-state index in [2.05, 4.69) is 5.32 Å². The minimum atomic E-state index is -1.03. The van der Waals surface area contributed by atoms with Crippen LogP contribution in [-0.2, 0) is 15.3 Å². The Bertz CT molecular complexity index is 471. The lowest BCUT2D eigenvalue weighted by atomic mass is 9.96. The van der Waals surface area contributed by atoms with Crippen LogP contribution in [0.15, 0.2) is 16.5 Å². The normalized spacial score (nSPS) is 13.6. The molecule has 0 aliphatic heterocycles. The van der Waals surface area contributed by atoms with E-state index < -0.39 is 17.4 Å². The van der Waals surface area contributed by atoms with E-state index in [0.717, 1.165) is 12.2 Å². The molecule has 6 heteroatoms. The lowest BCUT2D eigenvalue weighted by molar-refractivity contribution is -0.147. The van der Waals surface area contributed by atoms with Gasteiger partial charge in [-0.3, -0.25) is 4.79 Å². The van der Waals surface area contributed by atoms with Crippen LogP contribution in [0.5, 0.6) is 0 Å². The number of esters is 1. The predicted molar refractivity (Wildman–Crippen MR) is 78.7 cm³/mol. The summed E-state index contributed by atoms with van der Waals surface area (Å²) in [5, 5.41) is 2.70. The maximum Gasteiger partial charge on any atom is 0.331 e. The van der Waals surface area contributed by atoms with Crippen LogP contribution >= 0.6 is 11.8 Å². The fraction of sp³-hybridized carbons (Fsp3) is 0.571. The van der Waals surface area contributed by atoms with Crippen LogP contribution in [0.25, 0.3) is 0 Å². The molecule has 0 aliphatic carbocycles. The molecule has 5 nitrogen and oxygen atoms in total. The second-order valence-corrected chi connectivity index (χ2v) is 5.59. The lowest BCUT2D eigenvalue weighted by Gasteiger charge is -2.26. The molecule has 1 N–H and O–H groups in total. The monoisotopic (exact) mass is 299 g/mol. The number of rotatable bonds is 7. The summed E-state index contributed by atoms with van der Waals surface area (Å²) in [6, 6.07) is 3.38. The van der Waals surface area contributed by atoms with Gasteiger partial charge in [-0.15, -0.1) is 0 Å². The van der Waals surface area contributed by atoms with Crippen LogP contribution < -0.4 is 5.32 Å². The van der Waals surface area contributed by atoms with Crippen LogP contribution in [0.1, 0.15) is 43.0 Å². The molecule has 0 saturated carbocycles. The molecule has 1 rings (SSSR count). The van der Waals surface area contributed by atoms with Crippen molar-refractivity contribution < 1.29 is 18.7 Å². The predicted octanol–water partition coefficient (Wildman–Crippen LogP) is 2.60. The fourth-order valence-corrected chi connectivity index (χ4v) is 2.41. The highest BCUT2D eigenvalue weighted by Gasteiger charge is 2.36. The summed E-state index contributed by atoms with van der Waals surface area (Å²) >= 11 is 1.61. The molecular formula is C14H21NO4S. The molecule has 1 aromatic heterocycles. The third-order valence-corrected chi connectivity index (χ3v) is 3.52. The standard InChI is InChI=1S/C14H21NO4S/c1-5-8-14(2,13(17)18-3)15-12(16)11-7-6-10(19-11)9-20-4/h6-7H,5,8-9H2,1-4H3,(H,15,16). The van der Waals surface area contributed by atoms with Crippen LogP contribution in [0.2, 0.25) is 0 Å². The van der Waals surface area contributed by atoms with E-state index in [1.54, 1.807) is 30.8 Å². The van der Waals surface area contributed by atoms with Crippen molar-refractivity contribution in [2.24, 2.45) is 0 Å². The van der Waals surface area contributed by atoms with Crippen molar-refractivity contribution in [3.05, 3.63) is 23.7 Å². The van der Waals surface area contributed by atoms with Gasteiger partial charge in [0.05, 0.1) is 12.9 Å². The number of methoxy groups -OCH3 is 1. The molecule has 0 fully saturated rings. The number of ether oxygens (including phenoxy) is 1. The van der Waals surface area contributed by atoms with Gasteiger partial charge in [0, 0.05) is 0 Å². The topological polar surface area (TPSA) is 68.5 Å². The van der Waals surface area contributed by atoms with Crippen molar-refractivity contribution in [2.45, 2.75) is 38.0 Å². The molecule has 0 aromatic carbocycles. The Kier molecular flexibility index (Phi) is 6.13. The minimum Gasteiger partial charge on any atom is -0.467 e. The third-order valence-electron chi connectivity index (χ3n) is 2.95. The smallest absolute Gasteiger partial charge is 0.331 e. The Hall–Kier alpha value is -1.43. The van der Waals surface area contributed by atoms with E-state index in [1.807, 2.05) is 13.2 Å². The first-order valence-corrected chi connectivity index (χ1v) is 7.84. The Morgan fingerprint density at radius 3 is 2.70 bits per heavy atom. The lowest BCUT2D eigenvalue weighted by Crippen LogP contribution is -2.52. The highest BCUT2D eigenvalue weighted by Crippen LogP contribution is 2.18. The molecule has 0 radical (unpaired) electrons. The molecule has 1 heterocycles. The van der Waals surface area contributed by atoms with Gasteiger partial charge in [0.2, 0.25) is 0 Å². The molecule has 20 heavy (non-hydrogen) atoms. The van der Waals surface area contributed by atoms with Crippen molar-refractivity contribution in [1.82, 2.24) is 5.32 Å². The molecule has 1 amide bonds. The highest BCUT2D eigenvalue weighted by atomic mass is 32.2. The zero-order valence-electron chi connectivity index (χ0n) is 12.3. The summed E-state index contributed by atoms with van der Waals surface area (Å²) in [5.41, 5.74) is -1.03. The maximum atomic E-state index is 12.2. The van der Waals surface area contributed by atoms with Gasteiger partial charge in [-0.05, 0) is 31.7 Å². The van der Waals surface area contributed by atoms with E-state index in [9.17, 15) is 9.59 Å². The molecule has 1 atom stereocenters. The van der Waals surface area contributed by atoms with Crippen molar-refractivity contribution >= 4 is 23.6 Å². The summed E-state index contributed by atoms with van der Waals surface area (Å²) in [6.07, 6.45) is 3.21. The van der Waals surface area contributed by atoms with E-state index in [4.69, 9.17) is 9.15 Å². The van der Waals surface area contributed by atoms with Crippen molar-refractivity contribution in [3.63, 3.8) is 0 Å². The van der Waals surface area contributed by atoms with Crippen LogP contribution in [0, 0.1) is 0 Å². The van der Waals surface area contributed by atoms with E-state index in [1.165, 1.54) is 7.11 Å². The summed E-state index contributed by atoms with van der Waals surface area (Å²) in [5.74, 6) is 0.789. The molecule has 0 spiro atoms. The van der Waals surface area contributed by atoms with Crippen molar-refractivity contribution in [1.29, 1.82) is 0 Å². The number of furan rings is 1. The third kappa shape index (κ3) is 4.03. The molecule has 0 saturated heterocycles. The number of carbonyl (C=O) groups is 2. The van der Waals surface area contributed by atoms with Gasteiger partial charge in [-0.1, -0.05) is 13.3 Å². The van der Waals surface area contributed by atoms with Gasteiger partial charge in [0.25, 0.3) is 5.91 Å². The molecule has 0 aliphatic rings. The second-order valence-electron chi connectivity index (χ2n) is 4.73. The number of hydrogen-bond donors (Lipinski definition) is 1.